The van der Waals surface area contributed by atoms with E-state index in [2.05, 4.69) is 24.1 Å². The molecule has 0 saturated carbocycles. The van der Waals surface area contributed by atoms with Gasteiger partial charge in [-0.05, 0) is 31.4 Å². The molecule has 1 unspecified atom stereocenters. The fourth-order valence-electron chi connectivity index (χ4n) is 1.92. The lowest BCUT2D eigenvalue weighted by molar-refractivity contribution is 0.0933. The Bertz CT molecular complexity index is 404. The molecule has 0 radical (unpaired) electrons. The van der Waals surface area contributed by atoms with Crippen molar-refractivity contribution < 1.29 is 4.79 Å². The van der Waals surface area contributed by atoms with Crippen molar-refractivity contribution >= 4 is 11.7 Å². The Morgan fingerprint density at radius 3 is 2.67 bits per heavy atom. The smallest absolute Gasteiger partial charge is 0.251 e. The summed E-state index contributed by atoms with van der Waals surface area (Å²) in [4.78, 5) is 16.3. The zero-order valence-electron chi connectivity index (χ0n) is 11.5. The molecule has 0 bridgehead atoms. The highest BCUT2D eigenvalue weighted by Gasteiger charge is 2.12. The molecular formula is C14H23N3O. The van der Waals surface area contributed by atoms with Gasteiger partial charge in [0.1, 0.15) is 5.82 Å². The molecule has 0 fully saturated rings. The molecule has 1 aromatic heterocycles. The number of rotatable bonds is 6. The van der Waals surface area contributed by atoms with E-state index in [4.69, 9.17) is 5.73 Å². The van der Waals surface area contributed by atoms with Gasteiger partial charge < -0.3 is 11.1 Å². The van der Waals surface area contributed by atoms with E-state index in [0.717, 1.165) is 31.4 Å². The Hall–Kier alpha value is -1.58. The third-order valence-electron chi connectivity index (χ3n) is 2.99. The highest BCUT2D eigenvalue weighted by molar-refractivity contribution is 5.95. The van der Waals surface area contributed by atoms with Crippen molar-refractivity contribution in [2.45, 2.75) is 52.5 Å². The Balaban J connectivity index is 2.79. The van der Waals surface area contributed by atoms with Crippen LogP contribution in [-0.2, 0) is 6.42 Å². The van der Waals surface area contributed by atoms with E-state index in [1.165, 1.54) is 0 Å². The van der Waals surface area contributed by atoms with Crippen LogP contribution in [0.4, 0.5) is 5.82 Å². The molecule has 4 nitrogen and oxygen atoms in total. The molecule has 1 rings (SSSR count). The molecule has 0 aliphatic heterocycles. The maximum Gasteiger partial charge on any atom is 0.251 e. The standard InChI is InChI=1S/C14H23N3O/c1-4-7-11(5-2)17-14(18)10-8-12(6-3)16-13(15)9-10/h8-9,11H,4-7H2,1-3H3,(H2,15,16)(H,17,18). The van der Waals surface area contributed by atoms with Gasteiger partial charge in [-0.2, -0.15) is 0 Å². The highest BCUT2D eigenvalue weighted by Crippen LogP contribution is 2.10. The average molecular weight is 249 g/mol. The molecule has 100 valence electrons. The minimum absolute atomic E-state index is 0.0564. The molecule has 0 spiro atoms. The maximum atomic E-state index is 12.1. The van der Waals surface area contributed by atoms with Crippen molar-refractivity contribution in [3.8, 4) is 0 Å². The van der Waals surface area contributed by atoms with Crippen LogP contribution in [-0.4, -0.2) is 16.9 Å². The third kappa shape index (κ3) is 4.02. The number of nitrogen functional groups attached to an aromatic ring is 1. The zero-order valence-corrected chi connectivity index (χ0v) is 11.5. The normalized spacial score (nSPS) is 12.2. The van der Waals surface area contributed by atoms with Crippen molar-refractivity contribution in [1.29, 1.82) is 0 Å². The van der Waals surface area contributed by atoms with Crippen LogP contribution < -0.4 is 11.1 Å². The number of amides is 1. The molecule has 1 amide bonds. The second-order valence-corrected chi connectivity index (χ2v) is 4.49. The largest absolute Gasteiger partial charge is 0.384 e. The van der Waals surface area contributed by atoms with Gasteiger partial charge in [-0.15, -0.1) is 0 Å². The van der Waals surface area contributed by atoms with Crippen LogP contribution in [0.15, 0.2) is 12.1 Å². The van der Waals surface area contributed by atoms with E-state index >= 15 is 0 Å². The molecular weight excluding hydrogens is 226 g/mol. The molecule has 3 N–H and O–H groups in total. The van der Waals surface area contributed by atoms with Crippen LogP contribution in [0.1, 0.15) is 56.1 Å². The lowest BCUT2D eigenvalue weighted by Gasteiger charge is -2.16. The van der Waals surface area contributed by atoms with E-state index in [1.54, 1.807) is 6.07 Å². The molecule has 0 aliphatic carbocycles. The molecule has 0 aliphatic rings. The number of aryl methyl sites for hydroxylation is 1. The summed E-state index contributed by atoms with van der Waals surface area (Å²) in [5, 5.41) is 3.04. The van der Waals surface area contributed by atoms with E-state index in [-0.39, 0.29) is 11.9 Å². The van der Waals surface area contributed by atoms with E-state index < -0.39 is 0 Å². The highest BCUT2D eigenvalue weighted by atomic mass is 16.1. The van der Waals surface area contributed by atoms with Gasteiger partial charge in [0.25, 0.3) is 5.91 Å². The van der Waals surface area contributed by atoms with Gasteiger partial charge in [0.2, 0.25) is 0 Å². The van der Waals surface area contributed by atoms with E-state index in [9.17, 15) is 4.79 Å². The number of carbonyl (C=O) groups is 1. The topological polar surface area (TPSA) is 68.0 Å². The Morgan fingerprint density at radius 2 is 2.11 bits per heavy atom. The number of nitrogens with one attached hydrogen (secondary N) is 1. The summed E-state index contributed by atoms with van der Waals surface area (Å²) in [5.74, 6) is 0.349. The first kappa shape index (κ1) is 14.5. The first-order valence-corrected chi connectivity index (χ1v) is 6.67. The number of carbonyl (C=O) groups excluding carboxylic acids is 1. The van der Waals surface area contributed by atoms with Gasteiger partial charge in [-0.1, -0.05) is 27.2 Å². The number of nitrogens with zero attached hydrogens (tertiary/aromatic N) is 1. The van der Waals surface area contributed by atoms with Crippen molar-refractivity contribution in [2.24, 2.45) is 0 Å². The Kier molecular flexibility index (Phi) is 5.62. The lowest BCUT2D eigenvalue weighted by atomic mass is 10.1. The molecule has 1 aromatic rings. The van der Waals surface area contributed by atoms with Crippen LogP contribution in [0.5, 0.6) is 0 Å². The van der Waals surface area contributed by atoms with Gasteiger partial charge in [-0.3, -0.25) is 4.79 Å². The van der Waals surface area contributed by atoms with Gasteiger partial charge in [-0.25, -0.2) is 4.98 Å². The number of aromatic nitrogens is 1. The summed E-state index contributed by atoms with van der Waals surface area (Å²) < 4.78 is 0. The fraction of sp³-hybridized carbons (Fsp3) is 0.571. The van der Waals surface area contributed by atoms with Crippen LogP contribution in [0.2, 0.25) is 0 Å². The lowest BCUT2D eigenvalue weighted by Crippen LogP contribution is -2.34. The molecule has 18 heavy (non-hydrogen) atoms. The monoisotopic (exact) mass is 249 g/mol. The predicted octanol–water partition coefficient (Wildman–Crippen LogP) is 2.53. The van der Waals surface area contributed by atoms with Gasteiger partial charge in [0, 0.05) is 17.3 Å². The molecule has 0 saturated heterocycles. The average Bonchev–Trinajstić information content (AvgIpc) is 2.37. The Morgan fingerprint density at radius 1 is 1.39 bits per heavy atom. The summed E-state index contributed by atoms with van der Waals surface area (Å²) in [6.07, 6.45) is 3.79. The summed E-state index contributed by atoms with van der Waals surface area (Å²) in [7, 11) is 0. The van der Waals surface area contributed by atoms with E-state index in [0.29, 0.717) is 11.4 Å². The second kappa shape index (κ2) is 6.99. The summed E-state index contributed by atoms with van der Waals surface area (Å²) in [5.41, 5.74) is 7.16. The number of pyridine rings is 1. The number of hydrogen-bond donors (Lipinski definition) is 2. The minimum atomic E-state index is -0.0564. The summed E-state index contributed by atoms with van der Waals surface area (Å²) in [6.45, 7) is 6.20. The van der Waals surface area contributed by atoms with Crippen molar-refractivity contribution in [3.05, 3.63) is 23.4 Å². The Labute approximate surface area is 109 Å². The predicted molar refractivity (Wildman–Crippen MR) is 74.5 cm³/mol. The summed E-state index contributed by atoms with van der Waals surface area (Å²) >= 11 is 0. The number of hydrogen-bond acceptors (Lipinski definition) is 3. The van der Waals surface area contributed by atoms with Crippen molar-refractivity contribution in [3.63, 3.8) is 0 Å². The van der Waals surface area contributed by atoms with Gasteiger partial charge in [0.15, 0.2) is 0 Å². The van der Waals surface area contributed by atoms with Crippen LogP contribution in [0.3, 0.4) is 0 Å². The van der Waals surface area contributed by atoms with Crippen LogP contribution >= 0.6 is 0 Å². The zero-order chi connectivity index (χ0) is 13.5. The van der Waals surface area contributed by atoms with Gasteiger partial charge >= 0.3 is 0 Å². The molecule has 1 heterocycles. The van der Waals surface area contributed by atoms with Crippen molar-refractivity contribution in [2.75, 3.05) is 5.73 Å². The van der Waals surface area contributed by atoms with Gasteiger partial charge in [0.05, 0.1) is 0 Å². The summed E-state index contributed by atoms with van der Waals surface area (Å²) in [6, 6.07) is 3.68. The van der Waals surface area contributed by atoms with Crippen LogP contribution in [0.25, 0.3) is 0 Å². The SMILES string of the molecule is CCCC(CC)NC(=O)c1cc(N)nc(CC)c1. The van der Waals surface area contributed by atoms with Crippen LogP contribution in [0, 0.1) is 0 Å². The third-order valence-corrected chi connectivity index (χ3v) is 2.99. The maximum absolute atomic E-state index is 12.1. The molecule has 4 heteroatoms. The minimum Gasteiger partial charge on any atom is -0.384 e. The quantitative estimate of drug-likeness (QED) is 0.814. The number of nitrogens with two attached hydrogens (primary N) is 1. The number of anilines is 1. The first-order valence-electron chi connectivity index (χ1n) is 6.67. The van der Waals surface area contributed by atoms with Crippen molar-refractivity contribution in [1.82, 2.24) is 10.3 Å². The van der Waals surface area contributed by atoms with E-state index in [1.807, 2.05) is 13.0 Å². The molecule has 1 atom stereocenters. The fourth-order valence-corrected chi connectivity index (χ4v) is 1.92. The second-order valence-electron chi connectivity index (χ2n) is 4.49. The first-order chi connectivity index (χ1) is 8.60. The molecule has 0 aromatic carbocycles.